The number of rotatable bonds is 5. The lowest BCUT2D eigenvalue weighted by molar-refractivity contribution is 0.0717. The summed E-state index contributed by atoms with van der Waals surface area (Å²) in [5.41, 5.74) is 0.884. The maximum Gasteiger partial charge on any atom is 0.344 e. The highest BCUT2D eigenvalue weighted by Gasteiger charge is 2.16. The molecule has 0 N–H and O–H groups in total. The predicted octanol–water partition coefficient (Wildman–Crippen LogP) is 4.38. The monoisotopic (exact) mass is 395 g/mol. The first-order chi connectivity index (χ1) is 13.4. The SMILES string of the molecule is CC(=O)c1cccc(C(=O)Oc2nc(OC(=O)c3ccccc3)ccc2Cl)c1. The van der Waals surface area contributed by atoms with Gasteiger partial charge in [0.2, 0.25) is 11.8 Å². The highest BCUT2D eigenvalue weighted by molar-refractivity contribution is 6.32. The van der Waals surface area contributed by atoms with E-state index in [1.807, 2.05) is 0 Å². The van der Waals surface area contributed by atoms with E-state index in [0.29, 0.717) is 11.1 Å². The van der Waals surface area contributed by atoms with Gasteiger partial charge in [0.05, 0.1) is 11.1 Å². The van der Waals surface area contributed by atoms with E-state index in [4.69, 9.17) is 21.1 Å². The van der Waals surface area contributed by atoms with Gasteiger partial charge in [0.25, 0.3) is 0 Å². The fourth-order valence-electron chi connectivity index (χ4n) is 2.27. The van der Waals surface area contributed by atoms with Crippen LogP contribution < -0.4 is 9.47 Å². The maximum absolute atomic E-state index is 12.4. The molecule has 28 heavy (non-hydrogen) atoms. The third kappa shape index (κ3) is 4.61. The number of carbonyl (C=O) groups is 3. The Morgan fingerprint density at radius 3 is 2.14 bits per heavy atom. The summed E-state index contributed by atoms with van der Waals surface area (Å²) in [4.78, 5) is 39.9. The van der Waals surface area contributed by atoms with Crippen LogP contribution in [0.4, 0.5) is 0 Å². The zero-order valence-electron chi connectivity index (χ0n) is 14.7. The number of halogens is 1. The Hall–Kier alpha value is -3.51. The van der Waals surface area contributed by atoms with Gasteiger partial charge in [0.15, 0.2) is 5.78 Å². The van der Waals surface area contributed by atoms with Gasteiger partial charge in [-0.2, -0.15) is 4.98 Å². The van der Waals surface area contributed by atoms with Crippen LogP contribution in [0.2, 0.25) is 5.02 Å². The van der Waals surface area contributed by atoms with Crippen LogP contribution in [0.1, 0.15) is 38.0 Å². The molecule has 0 spiro atoms. The van der Waals surface area contributed by atoms with E-state index >= 15 is 0 Å². The molecule has 2 aromatic carbocycles. The van der Waals surface area contributed by atoms with E-state index in [2.05, 4.69) is 4.98 Å². The molecule has 0 saturated heterocycles. The average Bonchev–Trinajstić information content (AvgIpc) is 2.71. The molecule has 1 aromatic heterocycles. The van der Waals surface area contributed by atoms with E-state index in [9.17, 15) is 14.4 Å². The van der Waals surface area contributed by atoms with Crippen molar-refractivity contribution >= 4 is 29.3 Å². The Labute approximate surface area is 165 Å². The van der Waals surface area contributed by atoms with E-state index in [1.54, 1.807) is 42.5 Å². The highest BCUT2D eigenvalue weighted by Crippen LogP contribution is 2.26. The number of hydrogen-bond acceptors (Lipinski definition) is 6. The van der Waals surface area contributed by atoms with Gasteiger partial charge < -0.3 is 9.47 Å². The summed E-state index contributed by atoms with van der Waals surface area (Å²) in [6.07, 6.45) is 0. The fourth-order valence-corrected chi connectivity index (χ4v) is 2.42. The summed E-state index contributed by atoms with van der Waals surface area (Å²) in [7, 11) is 0. The van der Waals surface area contributed by atoms with Gasteiger partial charge >= 0.3 is 11.9 Å². The lowest BCUT2D eigenvalue weighted by Gasteiger charge is -2.08. The van der Waals surface area contributed by atoms with Crippen LogP contribution in [-0.4, -0.2) is 22.7 Å². The third-order valence-electron chi connectivity index (χ3n) is 3.69. The number of nitrogens with zero attached hydrogens (tertiary/aromatic N) is 1. The van der Waals surface area contributed by atoms with Crippen molar-refractivity contribution in [3.8, 4) is 11.8 Å². The number of carbonyl (C=O) groups excluding carboxylic acids is 3. The largest absolute Gasteiger partial charge is 0.404 e. The summed E-state index contributed by atoms with van der Waals surface area (Å²) < 4.78 is 10.4. The molecular weight excluding hydrogens is 382 g/mol. The molecule has 3 aromatic rings. The van der Waals surface area contributed by atoms with Gasteiger partial charge in [-0.1, -0.05) is 41.9 Å². The summed E-state index contributed by atoms with van der Waals surface area (Å²) in [6.45, 7) is 1.40. The molecule has 0 aliphatic rings. The van der Waals surface area contributed by atoms with Crippen LogP contribution >= 0.6 is 11.6 Å². The fraction of sp³-hybridized carbons (Fsp3) is 0.0476. The summed E-state index contributed by atoms with van der Waals surface area (Å²) in [6, 6.07) is 17.2. The zero-order chi connectivity index (χ0) is 20.1. The number of ketones is 1. The van der Waals surface area contributed by atoms with Crippen LogP contribution in [0.25, 0.3) is 0 Å². The molecule has 0 atom stereocenters. The highest BCUT2D eigenvalue weighted by atomic mass is 35.5. The molecule has 0 saturated carbocycles. The van der Waals surface area contributed by atoms with Crippen molar-refractivity contribution in [3.63, 3.8) is 0 Å². The lowest BCUT2D eigenvalue weighted by Crippen LogP contribution is -2.12. The van der Waals surface area contributed by atoms with E-state index in [0.717, 1.165) is 0 Å². The van der Waals surface area contributed by atoms with E-state index < -0.39 is 11.9 Å². The smallest absolute Gasteiger partial charge is 0.344 e. The van der Waals surface area contributed by atoms with Gasteiger partial charge in [0.1, 0.15) is 5.02 Å². The topological polar surface area (TPSA) is 82.6 Å². The normalized spacial score (nSPS) is 10.2. The van der Waals surface area contributed by atoms with Crippen molar-refractivity contribution in [2.45, 2.75) is 6.92 Å². The van der Waals surface area contributed by atoms with Gasteiger partial charge in [-0.25, -0.2) is 9.59 Å². The second kappa shape index (κ2) is 8.45. The van der Waals surface area contributed by atoms with Crippen LogP contribution in [0.5, 0.6) is 11.8 Å². The number of hydrogen-bond donors (Lipinski definition) is 0. The Morgan fingerprint density at radius 2 is 1.43 bits per heavy atom. The Balaban J connectivity index is 1.78. The minimum Gasteiger partial charge on any atom is -0.404 e. The molecule has 0 radical (unpaired) electrons. The number of aromatic nitrogens is 1. The third-order valence-corrected chi connectivity index (χ3v) is 3.98. The number of esters is 2. The van der Waals surface area contributed by atoms with E-state index in [1.165, 1.54) is 31.2 Å². The molecule has 1 heterocycles. The number of benzene rings is 2. The van der Waals surface area contributed by atoms with Gasteiger partial charge in [-0.15, -0.1) is 0 Å². The van der Waals surface area contributed by atoms with Crippen molar-refractivity contribution in [2.75, 3.05) is 0 Å². The second-order valence-electron chi connectivity index (χ2n) is 5.72. The number of pyridine rings is 1. The van der Waals surface area contributed by atoms with Gasteiger partial charge in [0, 0.05) is 11.6 Å². The molecule has 6 nitrogen and oxygen atoms in total. The summed E-state index contributed by atoms with van der Waals surface area (Å²) in [5.74, 6) is -1.82. The average molecular weight is 396 g/mol. The zero-order valence-corrected chi connectivity index (χ0v) is 15.5. The molecule has 7 heteroatoms. The molecule has 0 aliphatic heterocycles. The molecule has 0 amide bonds. The van der Waals surface area contributed by atoms with Crippen LogP contribution in [-0.2, 0) is 0 Å². The minimum atomic E-state index is -0.746. The molecule has 0 fully saturated rings. The van der Waals surface area contributed by atoms with Gasteiger partial charge in [-0.05, 0) is 37.3 Å². The van der Waals surface area contributed by atoms with Crippen LogP contribution in [0, 0.1) is 0 Å². The predicted molar refractivity (Wildman–Crippen MR) is 102 cm³/mol. The summed E-state index contributed by atoms with van der Waals surface area (Å²) in [5, 5.41) is 0.0654. The molecule has 3 rings (SSSR count). The molecular formula is C21H14ClNO5. The second-order valence-corrected chi connectivity index (χ2v) is 6.13. The first-order valence-corrected chi connectivity index (χ1v) is 8.59. The van der Waals surface area contributed by atoms with E-state index in [-0.39, 0.29) is 28.1 Å². The molecule has 0 bridgehead atoms. The maximum atomic E-state index is 12.4. The van der Waals surface area contributed by atoms with Crippen molar-refractivity contribution in [2.24, 2.45) is 0 Å². The van der Waals surface area contributed by atoms with Crippen LogP contribution in [0.3, 0.4) is 0 Å². The van der Waals surface area contributed by atoms with Crippen molar-refractivity contribution in [1.82, 2.24) is 4.98 Å². The van der Waals surface area contributed by atoms with Crippen LogP contribution in [0.15, 0.2) is 66.7 Å². The standard InChI is InChI=1S/C21H14ClNO5/c1-13(24)15-8-5-9-16(12-15)21(26)28-19-17(22)10-11-18(23-19)27-20(25)14-6-3-2-4-7-14/h2-12H,1H3. The summed E-state index contributed by atoms with van der Waals surface area (Å²) >= 11 is 6.03. The van der Waals surface area contributed by atoms with Gasteiger partial charge in [-0.3, -0.25) is 4.79 Å². The minimum absolute atomic E-state index is 0.0654. The van der Waals surface area contributed by atoms with Crippen molar-refractivity contribution in [3.05, 3.63) is 88.4 Å². The quantitative estimate of drug-likeness (QED) is 0.471. The Kier molecular flexibility index (Phi) is 5.81. The Morgan fingerprint density at radius 1 is 0.786 bits per heavy atom. The first-order valence-electron chi connectivity index (χ1n) is 8.21. The van der Waals surface area contributed by atoms with Crippen molar-refractivity contribution in [1.29, 1.82) is 0 Å². The first kappa shape index (κ1) is 19.3. The van der Waals surface area contributed by atoms with Crippen molar-refractivity contribution < 1.29 is 23.9 Å². The number of Topliss-reactive ketones (excluding diaryl/α,β-unsaturated/α-hetero) is 1. The molecule has 0 aliphatic carbocycles. The molecule has 140 valence electrons. The lowest BCUT2D eigenvalue weighted by atomic mass is 10.1. The molecule has 0 unspecified atom stereocenters. The number of ether oxygens (including phenoxy) is 2. The Bertz CT molecular complexity index is 1050.